The summed E-state index contributed by atoms with van der Waals surface area (Å²) in [5.41, 5.74) is 4.40. The van der Waals surface area contributed by atoms with Crippen molar-refractivity contribution in [1.29, 1.82) is 0 Å². The van der Waals surface area contributed by atoms with Crippen LogP contribution in [0.4, 0.5) is 4.79 Å². The maximum Gasteiger partial charge on any atom is 0.315 e. The third-order valence-corrected chi connectivity index (χ3v) is 9.33. The molecule has 1 heterocycles. The fraction of sp³-hybridized carbons (Fsp3) is 0.793. The Morgan fingerprint density at radius 3 is 2.12 bits per heavy atom. The van der Waals surface area contributed by atoms with E-state index in [-0.39, 0.29) is 35.6 Å². The van der Waals surface area contributed by atoms with E-state index in [2.05, 4.69) is 16.0 Å². The number of nitrogens with zero attached hydrogens (tertiary/aromatic N) is 2. The summed E-state index contributed by atoms with van der Waals surface area (Å²) in [6, 6.07) is -3.53. The van der Waals surface area contributed by atoms with E-state index in [9.17, 15) is 28.8 Å². The summed E-state index contributed by atoms with van der Waals surface area (Å²) in [6.45, 7) is 14.4. The topological polar surface area (TPSA) is 171 Å². The van der Waals surface area contributed by atoms with Crippen molar-refractivity contribution in [2.75, 3.05) is 26.2 Å². The summed E-state index contributed by atoms with van der Waals surface area (Å²) in [4.78, 5) is 80.3. The van der Waals surface area contributed by atoms with Gasteiger partial charge in [-0.05, 0) is 48.9 Å². The Bertz CT molecular complexity index is 1060. The van der Waals surface area contributed by atoms with Crippen LogP contribution in [0.1, 0.15) is 74.1 Å². The molecule has 3 rings (SSSR count). The molecule has 0 aromatic rings. The number of likely N-dealkylation sites (tertiary alicyclic amines) is 1. The first-order valence-corrected chi connectivity index (χ1v) is 14.8. The van der Waals surface area contributed by atoms with Crippen LogP contribution in [0.5, 0.6) is 0 Å². The molecule has 6 amide bonds. The number of nitrogens with one attached hydrogen (secondary N) is 3. The van der Waals surface area contributed by atoms with Crippen molar-refractivity contribution in [3.8, 4) is 0 Å². The maximum absolute atomic E-state index is 14.0. The summed E-state index contributed by atoms with van der Waals surface area (Å²) >= 11 is 0. The van der Waals surface area contributed by atoms with Crippen LogP contribution in [0.15, 0.2) is 0 Å². The zero-order valence-corrected chi connectivity index (χ0v) is 25.5. The fourth-order valence-corrected chi connectivity index (χ4v) is 6.38. The predicted molar refractivity (Wildman–Crippen MR) is 152 cm³/mol. The van der Waals surface area contributed by atoms with Crippen molar-refractivity contribution in [3.63, 3.8) is 0 Å². The van der Waals surface area contributed by atoms with Gasteiger partial charge in [0.2, 0.25) is 23.5 Å². The number of carbonyl (C=O) groups is 6. The van der Waals surface area contributed by atoms with Crippen molar-refractivity contribution in [2.24, 2.45) is 34.3 Å². The molecule has 12 heteroatoms. The summed E-state index contributed by atoms with van der Waals surface area (Å²) in [6.07, 6.45) is 3.22. The van der Waals surface area contributed by atoms with Gasteiger partial charge in [-0.3, -0.25) is 24.0 Å². The second kappa shape index (κ2) is 12.4. The molecule has 5 N–H and O–H groups in total. The Balaban J connectivity index is 1.77. The number of carbonyl (C=O) groups excluding carboxylic acids is 6. The zero-order valence-electron chi connectivity index (χ0n) is 25.5. The first kappa shape index (κ1) is 32.3. The van der Waals surface area contributed by atoms with E-state index in [0.29, 0.717) is 26.1 Å². The standard InChI is InChI=1S/C29H48N6O6/c1-8-34(9-2)19(36)14-31-27(41)33-23(28(3,4)5)26(40)35-15-17-20(29(17,6)7)21(35)25(39)32-18(22(37)24(30)38)13-16-11-10-12-16/h16-18,20-21,23H,8-15H2,1-7H3,(H2,30,38)(H,32,39)(H2,31,33,41)/t17-,18?,20?,21-,23+/m0/s1. The number of amides is 6. The molecule has 3 fully saturated rings. The lowest BCUT2D eigenvalue weighted by Gasteiger charge is -2.38. The van der Waals surface area contributed by atoms with E-state index in [0.717, 1.165) is 19.3 Å². The molecule has 3 aliphatic rings. The number of Topliss-reactive ketones (excluding diaryl/α,β-unsaturated/α-hetero) is 1. The molecule has 230 valence electrons. The summed E-state index contributed by atoms with van der Waals surface area (Å²) < 4.78 is 0. The fourth-order valence-electron chi connectivity index (χ4n) is 6.38. The van der Waals surface area contributed by atoms with Crippen molar-refractivity contribution in [3.05, 3.63) is 0 Å². The lowest BCUT2D eigenvalue weighted by Crippen LogP contribution is -2.61. The van der Waals surface area contributed by atoms with Gasteiger partial charge in [0.1, 0.15) is 12.1 Å². The van der Waals surface area contributed by atoms with E-state index < -0.39 is 53.1 Å². The van der Waals surface area contributed by atoms with E-state index in [1.165, 1.54) is 4.90 Å². The first-order chi connectivity index (χ1) is 19.0. The molecule has 0 spiro atoms. The molecule has 1 aliphatic heterocycles. The molecule has 5 atom stereocenters. The number of fused-ring (bicyclic) bond motifs is 1. The number of urea groups is 1. The van der Waals surface area contributed by atoms with Crippen LogP contribution in [0.2, 0.25) is 0 Å². The Kier molecular flexibility index (Phi) is 9.75. The summed E-state index contributed by atoms with van der Waals surface area (Å²) in [7, 11) is 0. The Hall–Kier alpha value is -3.18. The lowest BCUT2D eigenvalue weighted by molar-refractivity contribution is -0.145. The van der Waals surface area contributed by atoms with Crippen LogP contribution >= 0.6 is 0 Å². The van der Waals surface area contributed by atoms with Gasteiger partial charge in [-0.25, -0.2) is 4.79 Å². The highest BCUT2D eigenvalue weighted by atomic mass is 16.2. The average Bonchev–Trinajstić information content (AvgIpc) is 3.19. The SMILES string of the molecule is CCN(CC)C(=O)CNC(=O)N[C@H](C(=O)N1C[C@H]2C([C@H]1C(=O)NC(CC1CCC1)C(=O)C(N)=O)C2(C)C)C(C)(C)C. The third kappa shape index (κ3) is 7.01. The van der Waals surface area contributed by atoms with Gasteiger partial charge in [0.25, 0.3) is 5.91 Å². The van der Waals surface area contributed by atoms with Gasteiger partial charge in [-0.15, -0.1) is 0 Å². The minimum Gasteiger partial charge on any atom is -0.363 e. The van der Waals surface area contributed by atoms with Gasteiger partial charge < -0.3 is 31.5 Å². The minimum atomic E-state index is -1.10. The zero-order chi connectivity index (χ0) is 30.9. The molecule has 2 aliphatic carbocycles. The normalized spacial score (nSPS) is 24.3. The highest BCUT2D eigenvalue weighted by Gasteiger charge is 2.70. The largest absolute Gasteiger partial charge is 0.363 e. The number of ketones is 1. The molecular formula is C29H48N6O6. The van der Waals surface area contributed by atoms with E-state index in [1.807, 2.05) is 48.5 Å². The van der Waals surface area contributed by atoms with Crippen molar-refractivity contribution in [2.45, 2.75) is 92.3 Å². The van der Waals surface area contributed by atoms with Crippen LogP contribution in [0.3, 0.4) is 0 Å². The van der Waals surface area contributed by atoms with Gasteiger partial charge in [0.05, 0.1) is 12.6 Å². The Labute approximate surface area is 242 Å². The number of hydrogen-bond acceptors (Lipinski definition) is 6. The number of primary amides is 1. The Morgan fingerprint density at radius 1 is 1.02 bits per heavy atom. The highest BCUT2D eigenvalue weighted by Crippen LogP contribution is 2.65. The molecule has 41 heavy (non-hydrogen) atoms. The second-order valence-electron chi connectivity index (χ2n) is 13.4. The molecule has 0 aromatic heterocycles. The molecule has 2 unspecified atom stereocenters. The molecule has 0 radical (unpaired) electrons. The maximum atomic E-state index is 14.0. The van der Waals surface area contributed by atoms with Crippen LogP contribution in [0, 0.1) is 28.6 Å². The summed E-state index contributed by atoms with van der Waals surface area (Å²) in [5, 5.41) is 8.05. The minimum absolute atomic E-state index is 0.0836. The monoisotopic (exact) mass is 576 g/mol. The van der Waals surface area contributed by atoms with E-state index in [4.69, 9.17) is 5.73 Å². The van der Waals surface area contributed by atoms with Crippen molar-refractivity contribution >= 4 is 35.4 Å². The summed E-state index contributed by atoms with van der Waals surface area (Å²) in [5.74, 6) is -2.87. The van der Waals surface area contributed by atoms with Crippen LogP contribution in [0.25, 0.3) is 0 Å². The van der Waals surface area contributed by atoms with Gasteiger partial charge in [0.15, 0.2) is 0 Å². The van der Waals surface area contributed by atoms with Crippen LogP contribution in [-0.4, -0.2) is 89.5 Å². The quantitative estimate of drug-likeness (QED) is 0.250. The number of hydrogen-bond donors (Lipinski definition) is 4. The van der Waals surface area contributed by atoms with E-state index >= 15 is 0 Å². The Morgan fingerprint density at radius 2 is 1.63 bits per heavy atom. The number of likely N-dealkylation sites (N-methyl/N-ethyl adjacent to an activating group) is 1. The van der Waals surface area contributed by atoms with Crippen molar-refractivity contribution in [1.82, 2.24) is 25.8 Å². The lowest BCUT2D eigenvalue weighted by atomic mass is 9.80. The molecule has 2 saturated carbocycles. The molecule has 0 aromatic carbocycles. The number of piperidine rings is 1. The van der Waals surface area contributed by atoms with Gasteiger partial charge in [-0.1, -0.05) is 53.9 Å². The van der Waals surface area contributed by atoms with E-state index in [1.54, 1.807) is 4.90 Å². The smallest absolute Gasteiger partial charge is 0.315 e. The van der Waals surface area contributed by atoms with Crippen molar-refractivity contribution < 1.29 is 28.8 Å². The highest BCUT2D eigenvalue weighted by molar-refractivity contribution is 6.37. The number of nitrogens with two attached hydrogens (primary N) is 1. The van der Waals surface area contributed by atoms with Crippen LogP contribution in [-0.2, 0) is 24.0 Å². The van der Waals surface area contributed by atoms with Gasteiger partial charge >= 0.3 is 6.03 Å². The van der Waals surface area contributed by atoms with Gasteiger partial charge in [0, 0.05) is 19.6 Å². The second-order valence-corrected chi connectivity index (χ2v) is 13.4. The molecule has 12 nitrogen and oxygen atoms in total. The number of rotatable bonds is 12. The molecule has 1 saturated heterocycles. The molecule has 0 bridgehead atoms. The first-order valence-electron chi connectivity index (χ1n) is 14.8. The van der Waals surface area contributed by atoms with Crippen LogP contribution < -0.4 is 21.7 Å². The van der Waals surface area contributed by atoms with Gasteiger partial charge in [-0.2, -0.15) is 0 Å². The molecular weight excluding hydrogens is 528 g/mol. The predicted octanol–water partition coefficient (Wildman–Crippen LogP) is 0.781. The average molecular weight is 577 g/mol. The third-order valence-electron chi connectivity index (χ3n) is 9.33.